The van der Waals surface area contributed by atoms with Gasteiger partial charge in [-0.15, -0.1) is 11.3 Å². The first-order chi connectivity index (χ1) is 10.7. The second kappa shape index (κ2) is 7.11. The first-order valence-electron chi connectivity index (χ1n) is 8.38. The molecule has 2 aliphatic rings. The zero-order chi connectivity index (χ0) is 15.5. The lowest BCUT2D eigenvalue weighted by Gasteiger charge is -2.39. The highest BCUT2D eigenvalue weighted by molar-refractivity contribution is 7.10. The van der Waals surface area contributed by atoms with Crippen LogP contribution < -0.4 is 0 Å². The molecule has 0 radical (unpaired) electrons. The number of rotatable bonds is 4. The largest absolute Gasteiger partial charge is 0.395 e. The molecule has 5 heteroatoms. The predicted molar refractivity (Wildman–Crippen MR) is 88.9 cm³/mol. The number of amides is 1. The normalized spacial score (nSPS) is 29.9. The number of likely N-dealkylation sites (tertiary alicyclic amines) is 2. The van der Waals surface area contributed by atoms with Gasteiger partial charge < -0.3 is 10.0 Å². The van der Waals surface area contributed by atoms with E-state index in [-0.39, 0.29) is 24.6 Å². The van der Waals surface area contributed by atoms with Crippen molar-refractivity contribution in [3.05, 3.63) is 22.4 Å². The van der Waals surface area contributed by atoms with Gasteiger partial charge in [0.25, 0.3) is 0 Å². The number of carbonyl (C=O) groups is 1. The molecule has 2 aliphatic heterocycles. The van der Waals surface area contributed by atoms with E-state index >= 15 is 0 Å². The monoisotopic (exact) mass is 322 g/mol. The van der Waals surface area contributed by atoms with E-state index in [1.165, 1.54) is 4.88 Å². The van der Waals surface area contributed by atoms with E-state index in [0.717, 1.165) is 38.8 Å². The van der Waals surface area contributed by atoms with Crippen LogP contribution in [0.5, 0.6) is 0 Å². The molecule has 0 bridgehead atoms. The zero-order valence-corrected chi connectivity index (χ0v) is 14.1. The molecule has 1 aromatic heterocycles. The first-order valence-corrected chi connectivity index (χ1v) is 9.26. The smallest absolute Gasteiger partial charge is 0.237 e. The summed E-state index contributed by atoms with van der Waals surface area (Å²) in [5, 5.41) is 11.7. The number of carbonyl (C=O) groups excluding carboxylic acids is 1. The number of hydrogen-bond acceptors (Lipinski definition) is 4. The number of aliphatic hydroxyl groups excluding tert-OH is 1. The Morgan fingerprint density at radius 3 is 2.91 bits per heavy atom. The van der Waals surface area contributed by atoms with Gasteiger partial charge in [-0.2, -0.15) is 0 Å². The average Bonchev–Trinajstić information content (AvgIpc) is 3.18. The predicted octanol–water partition coefficient (Wildman–Crippen LogP) is 2.50. The summed E-state index contributed by atoms with van der Waals surface area (Å²) < 4.78 is 0. The standard InChI is InChI=1S/C17H26N2O2S/c1-13-5-2-8-18(15(13)12-20)11-17(21)19-9-3-6-14(19)16-7-4-10-22-16/h4,7,10,13-15,20H,2-3,5-6,8-9,11-12H2,1H3. The molecule has 1 aromatic rings. The summed E-state index contributed by atoms with van der Waals surface area (Å²) in [4.78, 5) is 18.3. The SMILES string of the molecule is CC1CCCN(CC(=O)N2CCCC2c2cccs2)C1CO. The average molecular weight is 322 g/mol. The van der Waals surface area contributed by atoms with Crippen LogP contribution in [0.4, 0.5) is 0 Å². The lowest BCUT2D eigenvalue weighted by atomic mass is 9.91. The van der Waals surface area contributed by atoms with Crippen LogP contribution in [0.15, 0.2) is 17.5 Å². The summed E-state index contributed by atoms with van der Waals surface area (Å²) in [6.07, 6.45) is 4.44. The van der Waals surface area contributed by atoms with Crippen LogP contribution in [-0.2, 0) is 4.79 Å². The second-order valence-corrected chi connectivity index (χ2v) is 7.58. The third kappa shape index (κ3) is 3.21. The highest BCUT2D eigenvalue weighted by Crippen LogP contribution is 2.34. The maximum atomic E-state index is 12.8. The molecule has 3 atom stereocenters. The fraction of sp³-hybridized carbons (Fsp3) is 0.706. The van der Waals surface area contributed by atoms with Crippen LogP contribution in [0.3, 0.4) is 0 Å². The minimum absolute atomic E-state index is 0.139. The van der Waals surface area contributed by atoms with E-state index in [4.69, 9.17) is 0 Å². The fourth-order valence-corrected chi connectivity index (χ4v) is 4.81. The van der Waals surface area contributed by atoms with Crippen molar-refractivity contribution in [1.82, 2.24) is 9.80 Å². The van der Waals surface area contributed by atoms with Crippen molar-refractivity contribution >= 4 is 17.2 Å². The molecule has 3 heterocycles. The molecule has 2 fully saturated rings. The highest BCUT2D eigenvalue weighted by Gasteiger charge is 2.34. The molecule has 1 N–H and O–H groups in total. The van der Waals surface area contributed by atoms with Gasteiger partial charge in [0.2, 0.25) is 5.91 Å². The van der Waals surface area contributed by atoms with Gasteiger partial charge in [0.15, 0.2) is 0 Å². The molecule has 1 amide bonds. The Kier molecular flexibility index (Phi) is 5.16. The minimum Gasteiger partial charge on any atom is -0.395 e. The number of nitrogens with zero attached hydrogens (tertiary/aromatic N) is 2. The van der Waals surface area contributed by atoms with Crippen LogP contribution in [0, 0.1) is 5.92 Å². The van der Waals surface area contributed by atoms with Crippen molar-refractivity contribution in [2.24, 2.45) is 5.92 Å². The van der Waals surface area contributed by atoms with Gasteiger partial charge in [-0.3, -0.25) is 9.69 Å². The van der Waals surface area contributed by atoms with Crippen molar-refractivity contribution in [1.29, 1.82) is 0 Å². The Morgan fingerprint density at radius 2 is 2.18 bits per heavy atom. The van der Waals surface area contributed by atoms with Crippen molar-refractivity contribution in [3.8, 4) is 0 Å². The molecule has 4 nitrogen and oxygen atoms in total. The third-order valence-electron chi connectivity index (χ3n) is 5.20. The molecular formula is C17H26N2O2S. The molecule has 3 unspecified atom stereocenters. The van der Waals surface area contributed by atoms with Crippen LogP contribution >= 0.6 is 11.3 Å². The van der Waals surface area contributed by atoms with Gasteiger partial charge in [0.1, 0.15) is 0 Å². The molecule has 0 aromatic carbocycles. The third-order valence-corrected chi connectivity index (χ3v) is 6.17. The molecule has 0 saturated carbocycles. The Bertz CT molecular complexity index is 491. The van der Waals surface area contributed by atoms with E-state index in [1.54, 1.807) is 11.3 Å². The van der Waals surface area contributed by atoms with Crippen molar-refractivity contribution < 1.29 is 9.90 Å². The lowest BCUT2D eigenvalue weighted by molar-refractivity contribution is -0.135. The van der Waals surface area contributed by atoms with E-state index in [2.05, 4.69) is 34.2 Å². The van der Waals surface area contributed by atoms with Crippen LogP contribution in [0.25, 0.3) is 0 Å². The van der Waals surface area contributed by atoms with Gasteiger partial charge in [0.05, 0.1) is 19.2 Å². The summed E-state index contributed by atoms with van der Waals surface area (Å²) in [6, 6.07) is 4.61. The van der Waals surface area contributed by atoms with Gasteiger partial charge in [-0.05, 0) is 49.6 Å². The summed E-state index contributed by atoms with van der Waals surface area (Å²) in [6.45, 7) is 4.59. The molecular weight excluding hydrogens is 296 g/mol. The maximum absolute atomic E-state index is 12.8. The lowest BCUT2D eigenvalue weighted by Crippen LogP contribution is -2.51. The Hall–Kier alpha value is -0.910. The van der Waals surface area contributed by atoms with Crippen molar-refractivity contribution in [2.45, 2.75) is 44.7 Å². The van der Waals surface area contributed by atoms with E-state index in [9.17, 15) is 9.90 Å². The Labute approximate surface area is 136 Å². The number of hydrogen-bond donors (Lipinski definition) is 1. The summed E-state index contributed by atoms with van der Waals surface area (Å²) in [5.74, 6) is 0.696. The summed E-state index contributed by atoms with van der Waals surface area (Å²) >= 11 is 1.75. The molecule has 0 spiro atoms. The first kappa shape index (κ1) is 16.0. The maximum Gasteiger partial charge on any atom is 0.237 e. The van der Waals surface area contributed by atoms with Crippen molar-refractivity contribution in [3.63, 3.8) is 0 Å². The topological polar surface area (TPSA) is 43.8 Å². The fourth-order valence-electron chi connectivity index (χ4n) is 3.93. The van der Waals surface area contributed by atoms with Crippen LogP contribution in [-0.4, -0.2) is 53.1 Å². The molecule has 22 heavy (non-hydrogen) atoms. The zero-order valence-electron chi connectivity index (χ0n) is 13.3. The quantitative estimate of drug-likeness (QED) is 0.926. The minimum atomic E-state index is 0.139. The summed E-state index contributed by atoms with van der Waals surface area (Å²) in [7, 11) is 0. The van der Waals surface area contributed by atoms with Crippen molar-refractivity contribution in [2.75, 3.05) is 26.2 Å². The van der Waals surface area contributed by atoms with Crippen LogP contribution in [0.1, 0.15) is 43.5 Å². The van der Waals surface area contributed by atoms with E-state index in [0.29, 0.717) is 12.5 Å². The molecule has 122 valence electrons. The molecule has 3 rings (SSSR count). The highest BCUT2D eigenvalue weighted by atomic mass is 32.1. The number of piperidine rings is 1. The second-order valence-electron chi connectivity index (χ2n) is 6.60. The summed E-state index contributed by atoms with van der Waals surface area (Å²) in [5.41, 5.74) is 0. The van der Waals surface area contributed by atoms with Crippen LogP contribution in [0.2, 0.25) is 0 Å². The Balaban J connectivity index is 1.66. The molecule has 0 aliphatic carbocycles. The van der Waals surface area contributed by atoms with Gasteiger partial charge in [0, 0.05) is 17.5 Å². The van der Waals surface area contributed by atoms with Gasteiger partial charge in [-0.1, -0.05) is 13.0 Å². The Morgan fingerprint density at radius 1 is 1.36 bits per heavy atom. The van der Waals surface area contributed by atoms with E-state index < -0.39 is 0 Å². The van der Waals surface area contributed by atoms with Gasteiger partial charge in [-0.25, -0.2) is 0 Å². The van der Waals surface area contributed by atoms with E-state index in [1.807, 2.05) is 0 Å². The number of aliphatic hydroxyl groups is 1. The molecule has 2 saturated heterocycles. The number of thiophene rings is 1. The van der Waals surface area contributed by atoms with Gasteiger partial charge >= 0.3 is 0 Å².